The first-order valence-corrected chi connectivity index (χ1v) is 7.47. The Balaban J connectivity index is 1.65. The van der Waals surface area contributed by atoms with E-state index in [2.05, 4.69) is 5.32 Å². The first-order chi connectivity index (χ1) is 10.6. The van der Waals surface area contributed by atoms with E-state index in [4.69, 9.17) is 5.73 Å². The van der Waals surface area contributed by atoms with Crippen LogP contribution in [0.4, 0.5) is 4.39 Å². The van der Waals surface area contributed by atoms with Crippen LogP contribution in [0.5, 0.6) is 0 Å². The number of hydrogen-bond acceptors (Lipinski definition) is 2. The quantitative estimate of drug-likeness (QED) is 0.891. The van der Waals surface area contributed by atoms with E-state index in [1.54, 1.807) is 6.07 Å². The lowest BCUT2D eigenvalue weighted by Crippen LogP contribution is -2.36. The summed E-state index contributed by atoms with van der Waals surface area (Å²) < 4.78 is 13.4. The molecule has 3 nitrogen and oxygen atoms in total. The van der Waals surface area contributed by atoms with E-state index in [0.717, 1.165) is 24.0 Å². The summed E-state index contributed by atoms with van der Waals surface area (Å²) in [5.41, 5.74) is 7.44. The Morgan fingerprint density at radius 3 is 2.55 bits per heavy atom. The lowest BCUT2D eigenvalue weighted by molar-refractivity contribution is -0.122. The molecule has 1 saturated carbocycles. The molecule has 0 saturated heterocycles. The van der Waals surface area contributed by atoms with Crippen LogP contribution in [0.25, 0.3) is 0 Å². The van der Waals surface area contributed by atoms with E-state index < -0.39 is 5.54 Å². The summed E-state index contributed by atoms with van der Waals surface area (Å²) in [6, 6.07) is 15.7. The normalized spacial score (nSPS) is 16.8. The molecule has 3 N–H and O–H groups in total. The van der Waals surface area contributed by atoms with Gasteiger partial charge in [0.05, 0.1) is 5.54 Å². The van der Waals surface area contributed by atoms with Gasteiger partial charge in [-0.3, -0.25) is 4.79 Å². The van der Waals surface area contributed by atoms with Crippen molar-refractivity contribution in [1.82, 2.24) is 5.32 Å². The second kappa shape index (κ2) is 5.89. The zero-order valence-electron chi connectivity index (χ0n) is 12.3. The number of rotatable bonds is 5. The van der Waals surface area contributed by atoms with Crippen molar-refractivity contribution in [2.75, 3.05) is 0 Å². The third kappa shape index (κ3) is 3.17. The van der Waals surface area contributed by atoms with Crippen LogP contribution >= 0.6 is 0 Å². The summed E-state index contributed by atoms with van der Waals surface area (Å²) in [7, 11) is 0. The van der Waals surface area contributed by atoms with Gasteiger partial charge in [0.25, 0.3) is 0 Å². The third-order valence-electron chi connectivity index (χ3n) is 4.14. The van der Waals surface area contributed by atoms with Gasteiger partial charge in [0.2, 0.25) is 5.91 Å². The fourth-order valence-corrected chi connectivity index (χ4v) is 2.73. The van der Waals surface area contributed by atoms with Crippen molar-refractivity contribution in [1.29, 1.82) is 0 Å². The molecule has 4 heteroatoms. The van der Waals surface area contributed by atoms with Gasteiger partial charge < -0.3 is 11.1 Å². The van der Waals surface area contributed by atoms with Gasteiger partial charge in [-0.2, -0.15) is 0 Å². The Kier molecular flexibility index (Phi) is 3.94. The molecule has 22 heavy (non-hydrogen) atoms. The molecule has 1 fully saturated rings. The van der Waals surface area contributed by atoms with Gasteiger partial charge in [-0.1, -0.05) is 42.5 Å². The number of amides is 1. The molecule has 0 bridgehead atoms. The van der Waals surface area contributed by atoms with E-state index >= 15 is 0 Å². The third-order valence-corrected chi connectivity index (χ3v) is 4.14. The molecular weight excluding hydrogens is 279 g/mol. The lowest BCUT2D eigenvalue weighted by atomic mass is 10.0. The van der Waals surface area contributed by atoms with Crippen molar-refractivity contribution in [3.8, 4) is 0 Å². The maximum absolute atomic E-state index is 13.4. The van der Waals surface area contributed by atoms with E-state index in [1.165, 1.54) is 12.1 Å². The Bertz CT molecular complexity index is 668. The van der Waals surface area contributed by atoms with Crippen LogP contribution in [0.2, 0.25) is 0 Å². The van der Waals surface area contributed by atoms with Crippen LogP contribution in [0, 0.1) is 5.82 Å². The molecule has 0 spiro atoms. The molecule has 0 aliphatic heterocycles. The van der Waals surface area contributed by atoms with Gasteiger partial charge in [0.1, 0.15) is 5.82 Å². The zero-order chi connectivity index (χ0) is 15.6. The highest BCUT2D eigenvalue weighted by molar-refractivity contribution is 5.78. The molecule has 1 atom stereocenters. The number of nitrogens with two attached hydrogens (primary N) is 1. The van der Waals surface area contributed by atoms with Crippen molar-refractivity contribution >= 4 is 5.91 Å². The second-order valence-corrected chi connectivity index (χ2v) is 5.86. The summed E-state index contributed by atoms with van der Waals surface area (Å²) in [5, 5.41) is 3.03. The average Bonchev–Trinajstić information content (AvgIpc) is 3.29. The number of halogens is 1. The summed E-state index contributed by atoms with van der Waals surface area (Å²) in [6.07, 6.45) is 1.90. The maximum Gasteiger partial charge on any atom is 0.222 e. The summed E-state index contributed by atoms with van der Waals surface area (Å²) in [4.78, 5) is 12.3. The van der Waals surface area contributed by atoms with Crippen molar-refractivity contribution < 1.29 is 9.18 Å². The Labute approximate surface area is 129 Å². The highest BCUT2D eigenvalue weighted by Gasteiger charge is 2.45. The zero-order valence-corrected chi connectivity index (χ0v) is 12.3. The van der Waals surface area contributed by atoms with Gasteiger partial charge in [0, 0.05) is 12.5 Å². The Morgan fingerprint density at radius 1 is 1.18 bits per heavy atom. The lowest BCUT2D eigenvalue weighted by Gasteiger charge is -2.20. The smallest absolute Gasteiger partial charge is 0.222 e. The maximum atomic E-state index is 13.4. The van der Waals surface area contributed by atoms with Crippen molar-refractivity contribution in [2.24, 2.45) is 5.73 Å². The van der Waals surface area contributed by atoms with Crippen LogP contribution in [0.3, 0.4) is 0 Å². The first kappa shape index (κ1) is 14.7. The van der Waals surface area contributed by atoms with Gasteiger partial charge in [-0.15, -0.1) is 0 Å². The fraction of sp³-hybridized carbons (Fsp3) is 0.278. The average molecular weight is 298 g/mol. The molecule has 2 aromatic rings. The number of carbonyl (C=O) groups is 1. The van der Waals surface area contributed by atoms with Gasteiger partial charge in [0.15, 0.2) is 0 Å². The summed E-state index contributed by atoms with van der Waals surface area (Å²) >= 11 is 0. The molecule has 1 aliphatic rings. The van der Waals surface area contributed by atoms with Crippen molar-refractivity contribution in [2.45, 2.75) is 30.8 Å². The van der Waals surface area contributed by atoms with Crippen molar-refractivity contribution in [3.63, 3.8) is 0 Å². The minimum absolute atomic E-state index is 0.0990. The Hall–Kier alpha value is -2.20. The molecular formula is C18H19FN2O. The minimum Gasteiger partial charge on any atom is -0.347 e. The predicted octanol–water partition coefficient (Wildman–Crippen LogP) is 3.02. The predicted molar refractivity (Wildman–Crippen MR) is 83.4 cm³/mol. The number of hydrogen-bond donors (Lipinski definition) is 2. The number of carbonyl (C=O) groups excluding carboxylic acids is 1. The first-order valence-electron chi connectivity index (χ1n) is 7.47. The molecule has 0 aromatic heterocycles. The largest absolute Gasteiger partial charge is 0.347 e. The van der Waals surface area contributed by atoms with Gasteiger partial charge in [-0.05, 0) is 36.1 Å². The number of nitrogens with one attached hydrogen (secondary N) is 1. The van der Waals surface area contributed by atoms with Gasteiger partial charge in [-0.25, -0.2) is 4.39 Å². The molecule has 0 heterocycles. The van der Waals surface area contributed by atoms with Crippen LogP contribution in [0.15, 0.2) is 54.6 Å². The topological polar surface area (TPSA) is 55.1 Å². The number of benzene rings is 2. The molecule has 0 radical (unpaired) electrons. The minimum atomic E-state index is -0.407. The van der Waals surface area contributed by atoms with E-state index in [0.29, 0.717) is 0 Å². The highest BCUT2D eigenvalue weighted by Crippen LogP contribution is 2.45. The van der Waals surface area contributed by atoms with Crippen LogP contribution in [0.1, 0.15) is 36.4 Å². The molecule has 1 amide bonds. The molecule has 2 aromatic carbocycles. The van der Waals surface area contributed by atoms with Gasteiger partial charge >= 0.3 is 0 Å². The molecule has 1 unspecified atom stereocenters. The van der Waals surface area contributed by atoms with E-state index in [1.807, 2.05) is 36.4 Å². The van der Waals surface area contributed by atoms with E-state index in [9.17, 15) is 9.18 Å². The highest BCUT2D eigenvalue weighted by atomic mass is 19.1. The van der Waals surface area contributed by atoms with Crippen molar-refractivity contribution in [3.05, 3.63) is 71.5 Å². The monoisotopic (exact) mass is 298 g/mol. The summed E-state index contributed by atoms with van der Waals surface area (Å²) in [6.45, 7) is 0. The van der Waals surface area contributed by atoms with Crippen LogP contribution in [-0.2, 0) is 10.3 Å². The Morgan fingerprint density at radius 2 is 1.91 bits per heavy atom. The molecule has 3 rings (SSSR count). The molecule has 1 aliphatic carbocycles. The van der Waals surface area contributed by atoms with E-state index in [-0.39, 0.29) is 24.2 Å². The SMILES string of the molecule is NC(CC(=O)NC1(c2cccc(F)c2)CC1)c1ccccc1. The van der Waals surface area contributed by atoms with Crippen LogP contribution < -0.4 is 11.1 Å². The fourth-order valence-electron chi connectivity index (χ4n) is 2.73. The second-order valence-electron chi connectivity index (χ2n) is 5.86. The standard InChI is InChI=1S/C18H19FN2O/c19-15-8-4-7-14(11-15)18(9-10-18)21-17(22)12-16(20)13-5-2-1-3-6-13/h1-8,11,16H,9-10,12,20H2,(H,21,22). The molecule has 114 valence electrons. The van der Waals surface area contributed by atoms with Crippen LogP contribution in [-0.4, -0.2) is 5.91 Å². The summed E-state index contributed by atoms with van der Waals surface area (Å²) in [5.74, 6) is -0.378.